The molecule has 0 atom stereocenters. The van der Waals surface area contributed by atoms with Crippen LogP contribution in [0, 0.1) is 11.8 Å². The normalized spacial score (nSPS) is 17.5. The summed E-state index contributed by atoms with van der Waals surface area (Å²) in [5.74, 6) is 1.18. The van der Waals surface area contributed by atoms with E-state index in [1.54, 1.807) is 12.1 Å². The topological polar surface area (TPSA) is 92.8 Å². The fourth-order valence-corrected chi connectivity index (χ4v) is 4.72. The van der Waals surface area contributed by atoms with Gasteiger partial charge in [-0.3, -0.25) is 0 Å². The lowest BCUT2D eigenvalue weighted by atomic mass is 9.99. The van der Waals surface area contributed by atoms with Crippen LogP contribution < -0.4 is 9.46 Å². The molecule has 1 N–H and O–H groups in total. The maximum Gasteiger partial charge on any atom is 0.240 e. The molecule has 1 aromatic rings. The van der Waals surface area contributed by atoms with Crippen LogP contribution in [-0.4, -0.2) is 53.6 Å². The van der Waals surface area contributed by atoms with Crippen molar-refractivity contribution >= 4 is 20.0 Å². The van der Waals surface area contributed by atoms with E-state index in [0.717, 1.165) is 0 Å². The average molecular weight is 405 g/mol. The van der Waals surface area contributed by atoms with Crippen LogP contribution in [-0.2, 0) is 20.0 Å². The highest BCUT2D eigenvalue weighted by Crippen LogP contribution is 2.20. The van der Waals surface area contributed by atoms with Crippen LogP contribution in [0.5, 0.6) is 5.75 Å². The summed E-state index contributed by atoms with van der Waals surface area (Å²) in [6.45, 7) is 5.86. The van der Waals surface area contributed by atoms with Crippen molar-refractivity contribution in [2.75, 3.05) is 32.5 Å². The number of piperidine rings is 1. The lowest BCUT2D eigenvalue weighted by molar-refractivity contribution is 0.271. The Morgan fingerprint density at radius 1 is 1.12 bits per heavy atom. The highest BCUT2D eigenvalue weighted by Gasteiger charge is 2.26. The van der Waals surface area contributed by atoms with Crippen molar-refractivity contribution in [3.05, 3.63) is 24.3 Å². The largest absolute Gasteiger partial charge is 0.493 e. The third kappa shape index (κ3) is 6.22. The molecule has 7 nitrogen and oxygen atoms in total. The second kappa shape index (κ2) is 8.69. The van der Waals surface area contributed by atoms with Crippen LogP contribution >= 0.6 is 0 Å². The van der Waals surface area contributed by atoms with Gasteiger partial charge in [0.2, 0.25) is 20.0 Å². The molecular formula is C17H28N2O5S2. The van der Waals surface area contributed by atoms with Gasteiger partial charge in [0, 0.05) is 19.6 Å². The zero-order valence-corrected chi connectivity index (χ0v) is 17.1. The molecule has 0 amide bonds. The molecule has 1 aliphatic heterocycles. The highest BCUT2D eigenvalue weighted by atomic mass is 32.2. The Hall–Kier alpha value is -1.16. The van der Waals surface area contributed by atoms with Gasteiger partial charge in [0.25, 0.3) is 0 Å². The smallest absolute Gasteiger partial charge is 0.240 e. The molecule has 0 radical (unpaired) electrons. The number of rotatable bonds is 8. The molecular weight excluding hydrogens is 376 g/mol. The van der Waals surface area contributed by atoms with E-state index < -0.39 is 20.0 Å². The van der Waals surface area contributed by atoms with Gasteiger partial charge in [-0.2, -0.15) is 0 Å². The number of sulfonamides is 2. The third-order valence-electron chi connectivity index (χ3n) is 4.32. The van der Waals surface area contributed by atoms with Gasteiger partial charge in [-0.25, -0.2) is 25.9 Å². The fourth-order valence-electron chi connectivity index (χ4n) is 2.73. The highest BCUT2D eigenvalue weighted by molar-refractivity contribution is 7.89. The van der Waals surface area contributed by atoms with E-state index in [2.05, 4.69) is 4.72 Å². The summed E-state index contributed by atoms with van der Waals surface area (Å²) in [6, 6.07) is 6.37. The Morgan fingerprint density at radius 3 is 2.19 bits per heavy atom. The molecule has 9 heteroatoms. The monoisotopic (exact) mass is 404 g/mol. The van der Waals surface area contributed by atoms with E-state index >= 15 is 0 Å². The number of benzene rings is 1. The van der Waals surface area contributed by atoms with Gasteiger partial charge in [0.05, 0.1) is 17.8 Å². The molecule has 0 saturated carbocycles. The van der Waals surface area contributed by atoms with Gasteiger partial charge in [0.1, 0.15) is 5.75 Å². The zero-order valence-electron chi connectivity index (χ0n) is 15.5. The molecule has 1 fully saturated rings. The molecule has 1 saturated heterocycles. The van der Waals surface area contributed by atoms with Gasteiger partial charge >= 0.3 is 0 Å². The summed E-state index contributed by atoms with van der Waals surface area (Å²) in [5, 5.41) is 0. The van der Waals surface area contributed by atoms with E-state index in [1.807, 2.05) is 13.8 Å². The summed E-state index contributed by atoms with van der Waals surface area (Å²) in [5.41, 5.74) is 0. The van der Waals surface area contributed by atoms with Gasteiger partial charge in [-0.1, -0.05) is 13.8 Å². The summed E-state index contributed by atoms with van der Waals surface area (Å²) >= 11 is 0. The van der Waals surface area contributed by atoms with Crippen LogP contribution in [0.3, 0.4) is 0 Å². The van der Waals surface area contributed by atoms with E-state index in [4.69, 9.17) is 4.74 Å². The van der Waals surface area contributed by atoms with Crippen molar-refractivity contribution in [1.82, 2.24) is 9.03 Å². The molecule has 2 rings (SSSR count). The van der Waals surface area contributed by atoms with Gasteiger partial charge < -0.3 is 4.74 Å². The van der Waals surface area contributed by atoms with Crippen molar-refractivity contribution in [2.24, 2.45) is 11.8 Å². The number of ether oxygens (including phenoxy) is 1. The molecule has 1 heterocycles. The second-order valence-corrected chi connectivity index (χ2v) is 10.9. The Bertz CT molecular complexity index is 781. The molecule has 148 valence electrons. The summed E-state index contributed by atoms with van der Waals surface area (Å²) in [7, 11) is -6.75. The lowest BCUT2D eigenvalue weighted by Gasteiger charge is -2.30. The minimum absolute atomic E-state index is 0.136. The predicted molar refractivity (Wildman–Crippen MR) is 101 cm³/mol. The standard InChI is InChI=1S/C17H28N2O5S2/c1-14(2)13-24-16-4-6-17(7-5-16)26(22,23)18-12-15-8-10-19(11-9-15)25(3,20)21/h4-7,14-15,18H,8-13H2,1-3H3. The first-order chi connectivity index (χ1) is 12.1. The van der Waals surface area contributed by atoms with Crippen molar-refractivity contribution in [2.45, 2.75) is 31.6 Å². The summed E-state index contributed by atoms with van der Waals surface area (Å²) < 4.78 is 57.5. The van der Waals surface area contributed by atoms with Crippen molar-refractivity contribution in [1.29, 1.82) is 0 Å². The molecule has 1 aromatic carbocycles. The van der Waals surface area contributed by atoms with E-state index in [-0.39, 0.29) is 10.8 Å². The van der Waals surface area contributed by atoms with Crippen LogP contribution in [0.4, 0.5) is 0 Å². The van der Waals surface area contributed by atoms with Crippen LogP contribution in [0.2, 0.25) is 0 Å². The Labute approximate surface area is 156 Å². The van der Waals surface area contributed by atoms with Crippen LogP contribution in [0.15, 0.2) is 29.2 Å². The fraction of sp³-hybridized carbons (Fsp3) is 0.647. The molecule has 0 unspecified atom stereocenters. The number of hydrogen-bond donors (Lipinski definition) is 1. The Morgan fingerprint density at radius 2 is 1.69 bits per heavy atom. The first-order valence-electron chi connectivity index (χ1n) is 8.75. The van der Waals surface area contributed by atoms with Crippen molar-refractivity contribution < 1.29 is 21.6 Å². The minimum atomic E-state index is -3.59. The quantitative estimate of drug-likeness (QED) is 0.711. The molecule has 0 bridgehead atoms. The summed E-state index contributed by atoms with van der Waals surface area (Å²) in [4.78, 5) is 0.197. The Balaban J connectivity index is 1.87. The lowest BCUT2D eigenvalue weighted by Crippen LogP contribution is -2.41. The first kappa shape index (κ1) is 21.1. The first-order valence-corrected chi connectivity index (χ1v) is 12.1. The third-order valence-corrected chi connectivity index (χ3v) is 7.06. The molecule has 0 aromatic heterocycles. The molecule has 1 aliphatic rings. The van der Waals surface area contributed by atoms with Gasteiger partial charge in [-0.05, 0) is 48.9 Å². The van der Waals surface area contributed by atoms with Gasteiger partial charge in [0.15, 0.2) is 0 Å². The Kier molecular flexibility index (Phi) is 7.06. The molecule has 0 aliphatic carbocycles. The number of hydrogen-bond acceptors (Lipinski definition) is 5. The molecule has 26 heavy (non-hydrogen) atoms. The SMILES string of the molecule is CC(C)COc1ccc(S(=O)(=O)NCC2CCN(S(C)(=O)=O)CC2)cc1. The van der Waals surface area contributed by atoms with Crippen LogP contribution in [0.25, 0.3) is 0 Å². The van der Waals surface area contributed by atoms with E-state index in [9.17, 15) is 16.8 Å². The summed E-state index contributed by atoms with van der Waals surface area (Å²) in [6.07, 6.45) is 2.50. The van der Waals surface area contributed by atoms with Crippen molar-refractivity contribution in [3.63, 3.8) is 0 Å². The minimum Gasteiger partial charge on any atom is -0.493 e. The number of nitrogens with one attached hydrogen (secondary N) is 1. The zero-order chi connectivity index (χ0) is 19.4. The van der Waals surface area contributed by atoms with E-state index in [0.29, 0.717) is 50.8 Å². The van der Waals surface area contributed by atoms with Crippen LogP contribution in [0.1, 0.15) is 26.7 Å². The maximum atomic E-state index is 12.4. The maximum absolute atomic E-state index is 12.4. The second-order valence-electron chi connectivity index (χ2n) is 7.13. The molecule has 0 spiro atoms. The van der Waals surface area contributed by atoms with Crippen molar-refractivity contribution in [3.8, 4) is 5.75 Å². The predicted octanol–water partition coefficient (Wildman–Crippen LogP) is 1.67. The number of nitrogens with zero attached hydrogens (tertiary/aromatic N) is 1. The van der Waals surface area contributed by atoms with E-state index in [1.165, 1.54) is 22.7 Å². The average Bonchev–Trinajstić information content (AvgIpc) is 2.58. The van der Waals surface area contributed by atoms with Gasteiger partial charge in [-0.15, -0.1) is 0 Å².